The van der Waals surface area contributed by atoms with Gasteiger partial charge in [0, 0.05) is 12.7 Å². The summed E-state index contributed by atoms with van der Waals surface area (Å²) in [5, 5.41) is 3.41. The first-order valence-corrected chi connectivity index (χ1v) is 9.35. The number of nitrogens with one attached hydrogen (secondary N) is 1. The van der Waals surface area contributed by atoms with E-state index in [1.165, 1.54) is 11.1 Å². The van der Waals surface area contributed by atoms with Gasteiger partial charge < -0.3 is 15.0 Å². The normalized spacial score (nSPS) is 18.1. The molecule has 1 fully saturated rings. The van der Waals surface area contributed by atoms with E-state index in [-0.39, 0.29) is 12.1 Å². The second-order valence-corrected chi connectivity index (χ2v) is 6.71. The monoisotopic (exact) mass is 360 g/mol. The molecule has 27 heavy (non-hydrogen) atoms. The van der Waals surface area contributed by atoms with Gasteiger partial charge in [-0.05, 0) is 24.1 Å². The maximum atomic E-state index is 5.74. The summed E-state index contributed by atoms with van der Waals surface area (Å²) in [5.74, 6) is 1.56. The van der Waals surface area contributed by atoms with Crippen LogP contribution in [0.3, 0.4) is 0 Å². The fourth-order valence-corrected chi connectivity index (χ4v) is 3.43. The minimum Gasteiger partial charge on any atom is -0.377 e. The van der Waals surface area contributed by atoms with Crippen LogP contribution in [0.5, 0.6) is 0 Å². The van der Waals surface area contributed by atoms with Crippen molar-refractivity contribution in [2.45, 2.75) is 19.0 Å². The van der Waals surface area contributed by atoms with E-state index in [1.54, 1.807) is 0 Å². The van der Waals surface area contributed by atoms with Crippen LogP contribution in [0.2, 0.25) is 0 Å². The standard InChI is InChI=1S/C22H24N4O/c1-17(18-8-4-2-5-9-18)24-22-23-13-12-21(25-22)26-14-15-27-16-20(26)19-10-6-3-7-11-19/h2-13,17,20H,14-16H2,1H3,(H,23,24,25)/t17-,20+/m1/s1. The molecule has 138 valence electrons. The molecule has 0 spiro atoms. The second-order valence-electron chi connectivity index (χ2n) is 6.71. The Morgan fingerprint density at radius 3 is 2.56 bits per heavy atom. The molecular weight excluding hydrogens is 336 g/mol. The molecule has 3 aromatic rings. The zero-order chi connectivity index (χ0) is 18.5. The number of morpholine rings is 1. The largest absolute Gasteiger partial charge is 0.377 e. The van der Waals surface area contributed by atoms with Crippen LogP contribution in [-0.4, -0.2) is 29.7 Å². The Kier molecular flexibility index (Phi) is 5.30. The van der Waals surface area contributed by atoms with Gasteiger partial charge in [0.05, 0.1) is 25.3 Å². The van der Waals surface area contributed by atoms with Crippen molar-refractivity contribution >= 4 is 11.8 Å². The van der Waals surface area contributed by atoms with Crippen molar-refractivity contribution < 1.29 is 4.74 Å². The number of benzene rings is 2. The maximum Gasteiger partial charge on any atom is 0.225 e. The Balaban J connectivity index is 1.55. The molecule has 1 aliphatic rings. The zero-order valence-electron chi connectivity index (χ0n) is 15.5. The van der Waals surface area contributed by atoms with Crippen molar-refractivity contribution in [3.8, 4) is 0 Å². The lowest BCUT2D eigenvalue weighted by Gasteiger charge is -2.36. The summed E-state index contributed by atoms with van der Waals surface area (Å²) in [5.41, 5.74) is 2.45. The fourth-order valence-electron chi connectivity index (χ4n) is 3.43. The molecule has 0 radical (unpaired) electrons. The van der Waals surface area contributed by atoms with E-state index >= 15 is 0 Å². The SMILES string of the molecule is C[C@@H](Nc1nccc(N2CCOC[C@H]2c2ccccc2)n1)c1ccccc1. The van der Waals surface area contributed by atoms with Crippen LogP contribution in [0.25, 0.3) is 0 Å². The van der Waals surface area contributed by atoms with Crippen LogP contribution in [0.4, 0.5) is 11.8 Å². The number of anilines is 2. The van der Waals surface area contributed by atoms with Crippen molar-refractivity contribution in [2.24, 2.45) is 0 Å². The summed E-state index contributed by atoms with van der Waals surface area (Å²) in [4.78, 5) is 11.5. The van der Waals surface area contributed by atoms with Gasteiger partial charge in [0.15, 0.2) is 0 Å². The number of aromatic nitrogens is 2. The third-order valence-electron chi connectivity index (χ3n) is 4.89. The summed E-state index contributed by atoms with van der Waals surface area (Å²) >= 11 is 0. The van der Waals surface area contributed by atoms with Crippen LogP contribution < -0.4 is 10.2 Å². The number of nitrogens with zero attached hydrogens (tertiary/aromatic N) is 3. The molecular formula is C22H24N4O. The molecule has 0 unspecified atom stereocenters. The third kappa shape index (κ3) is 4.09. The molecule has 1 aliphatic heterocycles. The van der Waals surface area contributed by atoms with Crippen molar-refractivity contribution in [1.82, 2.24) is 9.97 Å². The first kappa shape index (κ1) is 17.5. The van der Waals surface area contributed by atoms with Crippen LogP contribution in [0.1, 0.15) is 30.1 Å². The molecule has 0 bridgehead atoms. The van der Waals surface area contributed by atoms with Gasteiger partial charge in [-0.1, -0.05) is 60.7 Å². The fraction of sp³-hybridized carbons (Fsp3) is 0.273. The van der Waals surface area contributed by atoms with Crippen LogP contribution in [0, 0.1) is 0 Å². The lowest BCUT2D eigenvalue weighted by atomic mass is 10.1. The molecule has 5 nitrogen and oxygen atoms in total. The molecule has 0 amide bonds. The summed E-state index contributed by atoms with van der Waals surface area (Å²) in [6.45, 7) is 4.30. The van der Waals surface area contributed by atoms with Gasteiger partial charge in [-0.2, -0.15) is 4.98 Å². The highest BCUT2D eigenvalue weighted by atomic mass is 16.5. The van der Waals surface area contributed by atoms with Crippen molar-refractivity contribution in [2.75, 3.05) is 30.0 Å². The van der Waals surface area contributed by atoms with Gasteiger partial charge in [-0.3, -0.25) is 0 Å². The smallest absolute Gasteiger partial charge is 0.225 e. The Morgan fingerprint density at radius 1 is 1.04 bits per heavy atom. The highest BCUT2D eigenvalue weighted by Gasteiger charge is 2.26. The maximum absolute atomic E-state index is 5.74. The van der Waals surface area contributed by atoms with Gasteiger partial charge in [-0.25, -0.2) is 4.98 Å². The molecule has 2 heterocycles. The first-order chi connectivity index (χ1) is 13.3. The van der Waals surface area contributed by atoms with E-state index < -0.39 is 0 Å². The van der Waals surface area contributed by atoms with Crippen LogP contribution in [-0.2, 0) is 4.74 Å². The summed E-state index contributed by atoms with van der Waals surface area (Å²) < 4.78 is 5.74. The lowest BCUT2D eigenvalue weighted by molar-refractivity contribution is 0.0937. The first-order valence-electron chi connectivity index (χ1n) is 9.35. The molecule has 5 heteroatoms. The van der Waals surface area contributed by atoms with Crippen molar-refractivity contribution in [1.29, 1.82) is 0 Å². The minimum atomic E-state index is 0.135. The molecule has 2 aromatic carbocycles. The minimum absolute atomic E-state index is 0.135. The summed E-state index contributed by atoms with van der Waals surface area (Å²) in [6, 6.07) is 23.0. The molecule has 2 atom stereocenters. The molecule has 0 saturated carbocycles. The Bertz CT molecular complexity index is 856. The van der Waals surface area contributed by atoms with Gasteiger partial charge in [0.1, 0.15) is 5.82 Å². The molecule has 0 aliphatic carbocycles. The zero-order valence-corrected chi connectivity index (χ0v) is 15.5. The van der Waals surface area contributed by atoms with Crippen molar-refractivity contribution in [3.63, 3.8) is 0 Å². The van der Waals surface area contributed by atoms with E-state index in [0.717, 1.165) is 12.4 Å². The topological polar surface area (TPSA) is 50.3 Å². The van der Waals surface area contributed by atoms with E-state index in [9.17, 15) is 0 Å². The van der Waals surface area contributed by atoms with Gasteiger partial charge >= 0.3 is 0 Å². The highest BCUT2D eigenvalue weighted by Crippen LogP contribution is 2.29. The lowest BCUT2D eigenvalue weighted by Crippen LogP contribution is -2.40. The quantitative estimate of drug-likeness (QED) is 0.738. The molecule has 1 aromatic heterocycles. The van der Waals surface area contributed by atoms with E-state index in [1.807, 2.05) is 36.5 Å². The Labute approximate surface area is 160 Å². The Morgan fingerprint density at radius 2 is 1.78 bits per heavy atom. The number of ether oxygens (including phenoxy) is 1. The van der Waals surface area contributed by atoms with Crippen LogP contribution in [0.15, 0.2) is 72.9 Å². The van der Waals surface area contributed by atoms with E-state index in [2.05, 4.69) is 58.5 Å². The van der Waals surface area contributed by atoms with Gasteiger partial charge in [-0.15, -0.1) is 0 Å². The third-order valence-corrected chi connectivity index (χ3v) is 4.89. The van der Waals surface area contributed by atoms with E-state index in [4.69, 9.17) is 9.72 Å². The average molecular weight is 360 g/mol. The number of hydrogen-bond acceptors (Lipinski definition) is 5. The molecule has 4 rings (SSSR count). The number of hydrogen-bond donors (Lipinski definition) is 1. The number of rotatable bonds is 5. The van der Waals surface area contributed by atoms with Gasteiger partial charge in [0.2, 0.25) is 5.95 Å². The predicted octanol–water partition coefficient (Wildman–Crippen LogP) is 4.23. The van der Waals surface area contributed by atoms with E-state index in [0.29, 0.717) is 19.2 Å². The average Bonchev–Trinajstić information content (AvgIpc) is 2.75. The summed E-state index contributed by atoms with van der Waals surface area (Å²) in [7, 11) is 0. The molecule has 1 N–H and O–H groups in total. The van der Waals surface area contributed by atoms with Crippen molar-refractivity contribution in [3.05, 3.63) is 84.1 Å². The highest BCUT2D eigenvalue weighted by molar-refractivity contribution is 5.46. The van der Waals surface area contributed by atoms with Crippen LogP contribution >= 0.6 is 0 Å². The molecule has 1 saturated heterocycles. The second kappa shape index (κ2) is 8.18. The predicted molar refractivity (Wildman–Crippen MR) is 108 cm³/mol. The van der Waals surface area contributed by atoms with Gasteiger partial charge in [0.25, 0.3) is 0 Å². The summed E-state index contributed by atoms with van der Waals surface area (Å²) in [6.07, 6.45) is 1.82. The Hall–Kier alpha value is -2.92.